The van der Waals surface area contributed by atoms with Gasteiger partial charge < -0.3 is 19.2 Å². The molecular weight excluding hydrogens is 382 g/mol. The lowest BCUT2D eigenvalue weighted by atomic mass is 10.1. The molecule has 0 spiro atoms. The molecule has 0 saturated carbocycles. The minimum absolute atomic E-state index is 0.113. The van der Waals surface area contributed by atoms with E-state index < -0.39 is 0 Å². The normalized spacial score (nSPS) is 13.2. The molecule has 144 valence electrons. The fraction of sp³-hybridized carbons (Fsp3) is 0.211. The van der Waals surface area contributed by atoms with Gasteiger partial charge >= 0.3 is 0 Å². The number of carbonyl (C=O) groups is 2. The number of amides is 2. The summed E-state index contributed by atoms with van der Waals surface area (Å²) in [6, 6.07) is 8.58. The van der Waals surface area contributed by atoms with E-state index in [-0.39, 0.29) is 36.8 Å². The monoisotopic (exact) mass is 399 g/mol. The average Bonchev–Trinajstić information content (AvgIpc) is 3.42. The third-order valence-electron chi connectivity index (χ3n) is 4.13. The summed E-state index contributed by atoms with van der Waals surface area (Å²) in [7, 11) is 0. The van der Waals surface area contributed by atoms with Crippen LogP contribution in [-0.4, -0.2) is 23.6 Å². The zero-order valence-electron chi connectivity index (χ0n) is 14.9. The number of anilines is 1. The predicted octanol–water partition coefficient (Wildman–Crippen LogP) is 3.14. The summed E-state index contributed by atoms with van der Waals surface area (Å²) in [4.78, 5) is 28.6. The van der Waals surface area contributed by atoms with Crippen LogP contribution in [0.15, 0.2) is 46.4 Å². The van der Waals surface area contributed by atoms with Crippen molar-refractivity contribution in [3.8, 4) is 11.5 Å². The average molecular weight is 399 g/mol. The van der Waals surface area contributed by atoms with E-state index in [2.05, 4.69) is 15.6 Å². The van der Waals surface area contributed by atoms with Crippen molar-refractivity contribution in [3.63, 3.8) is 0 Å². The second-order valence-electron chi connectivity index (χ2n) is 6.15. The Morgan fingerprint density at radius 1 is 1.25 bits per heavy atom. The van der Waals surface area contributed by atoms with Crippen LogP contribution in [0, 0.1) is 0 Å². The van der Waals surface area contributed by atoms with Crippen molar-refractivity contribution >= 4 is 28.3 Å². The lowest BCUT2D eigenvalue weighted by molar-refractivity contribution is -0.121. The second kappa shape index (κ2) is 7.73. The van der Waals surface area contributed by atoms with E-state index in [9.17, 15) is 9.59 Å². The first-order valence-corrected chi connectivity index (χ1v) is 9.44. The topological polar surface area (TPSA) is 103 Å². The van der Waals surface area contributed by atoms with Gasteiger partial charge in [-0.05, 0) is 36.8 Å². The largest absolute Gasteiger partial charge is 0.459 e. The predicted molar refractivity (Wildman–Crippen MR) is 102 cm³/mol. The van der Waals surface area contributed by atoms with E-state index in [1.165, 1.54) is 17.6 Å². The van der Waals surface area contributed by atoms with E-state index in [1.54, 1.807) is 17.5 Å². The Kier molecular flexibility index (Phi) is 4.98. The highest BCUT2D eigenvalue weighted by Gasteiger charge is 2.18. The summed E-state index contributed by atoms with van der Waals surface area (Å²) in [5, 5.41) is 7.73. The molecule has 1 aromatic carbocycles. The Bertz CT molecular complexity index is 999. The molecule has 8 nitrogen and oxygen atoms in total. The molecule has 0 saturated heterocycles. The molecule has 0 bridgehead atoms. The highest BCUT2D eigenvalue weighted by Crippen LogP contribution is 2.34. The molecule has 1 atom stereocenters. The van der Waals surface area contributed by atoms with Crippen LogP contribution in [0.4, 0.5) is 5.13 Å². The number of thiazole rings is 1. The van der Waals surface area contributed by atoms with Crippen molar-refractivity contribution in [2.24, 2.45) is 0 Å². The van der Waals surface area contributed by atoms with Crippen molar-refractivity contribution in [2.75, 3.05) is 12.1 Å². The molecule has 2 aromatic heterocycles. The first kappa shape index (κ1) is 18.1. The summed E-state index contributed by atoms with van der Waals surface area (Å²) in [6.07, 6.45) is 1.54. The van der Waals surface area contributed by atoms with Gasteiger partial charge in [0.05, 0.1) is 24.4 Å². The van der Waals surface area contributed by atoms with Crippen molar-refractivity contribution < 1.29 is 23.5 Å². The number of fused-ring (bicyclic) bond motifs is 1. The molecule has 9 heteroatoms. The van der Waals surface area contributed by atoms with Gasteiger partial charge in [-0.15, -0.1) is 11.3 Å². The van der Waals surface area contributed by atoms with Gasteiger partial charge in [0.2, 0.25) is 12.7 Å². The smallest absolute Gasteiger partial charge is 0.293 e. The minimum Gasteiger partial charge on any atom is -0.459 e. The number of benzene rings is 1. The van der Waals surface area contributed by atoms with Crippen LogP contribution in [0.1, 0.15) is 34.8 Å². The van der Waals surface area contributed by atoms with Gasteiger partial charge in [-0.25, -0.2) is 4.98 Å². The summed E-state index contributed by atoms with van der Waals surface area (Å²) in [6.45, 7) is 2.10. The number of nitrogens with zero attached hydrogens (tertiary/aromatic N) is 1. The van der Waals surface area contributed by atoms with Gasteiger partial charge in [0.15, 0.2) is 22.4 Å². The lowest BCUT2D eigenvalue weighted by Crippen LogP contribution is -2.28. The van der Waals surface area contributed by atoms with Crippen molar-refractivity contribution in [1.82, 2.24) is 10.3 Å². The number of ether oxygens (including phenoxy) is 2. The third kappa shape index (κ3) is 3.99. The first-order valence-electron chi connectivity index (χ1n) is 8.56. The van der Waals surface area contributed by atoms with Crippen LogP contribution in [0.5, 0.6) is 11.5 Å². The van der Waals surface area contributed by atoms with Gasteiger partial charge in [0.1, 0.15) is 0 Å². The maximum atomic E-state index is 12.3. The van der Waals surface area contributed by atoms with E-state index in [4.69, 9.17) is 13.9 Å². The van der Waals surface area contributed by atoms with Gasteiger partial charge in [-0.2, -0.15) is 0 Å². The fourth-order valence-electron chi connectivity index (χ4n) is 2.73. The van der Waals surface area contributed by atoms with Crippen LogP contribution in [0.25, 0.3) is 0 Å². The van der Waals surface area contributed by atoms with Crippen molar-refractivity contribution in [1.29, 1.82) is 0 Å². The number of rotatable bonds is 6. The second-order valence-corrected chi connectivity index (χ2v) is 7.01. The van der Waals surface area contributed by atoms with Crippen LogP contribution >= 0.6 is 11.3 Å². The minimum atomic E-state index is -0.383. The standard InChI is InChI=1S/C19H17N3O5S/c1-11(12-4-5-14-16(7-12)27-10-26-14)20-17(23)8-13-9-28-19(21-13)22-18(24)15-3-2-6-25-15/h2-7,9,11H,8,10H2,1H3,(H,20,23)(H,21,22,24)/t11-/m0/s1. The molecule has 2 N–H and O–H groups in total. The molecule has 3 aromatic rings. The zero-order valence-corrected chi connectivity index (χ0v) is 15.7. The summed E-state index contributed by atoms with van der Waals surface area (Å²) >= 11 is 1.25. The molecule has 2 amide bonds. The van der Waals surface area contributed by atoms with Gasteiger partial charge in [-0.1, -0.05) is 6.07 Å². The third-order valence-corrected chi connectivity index (χ3v) is 4.94. The summed E-state index contributed by atoms with van der Waals surface area (Å²) < 4.78 is 15.7. The number of hydrogen-bond donors (Lipinski definition) is 2. The van der Waals surface area contributed by atoms with Crippen LogP contribution < -0.4 is 20.1 Å². The maximum absolute atomic E-state index is 12.3. The first-order chi connectivity index (χ1) is 13.6. The Balaban J connectivity index is 1.32. The molecule has 0 aliphatic carbocycles. The van der Waals surface area contributed by atoms with E-state index in [0.29, 0.717) is 22.3 Å². The summed E-state index contributed by atoms with van der Waals surface area (Å²) in [5.41, 5.74) is 1.50. The molecule has 0 unspecified atom stereocenters. The molecule has 0 fully saturated rings. The Morgan fingerprint density at radius 2 is 2.11 bits per heavy atom. The number of hydrogen-bond acceptors (Lipinski definition) is 7. The summed E-state index contributed by atoms with van der Waals surface area (Å²) in [5.74, 6) is 1.03. The number of furan rings is 1. The highest BCUT2D eigenvalue weighted by atomic mass is 32.1. The SMILES string of the molecule is C[C@H](NC(=O)Cc1csc(NC(=O)c2ccco2)n1)c1ccc2c(c1)OCO2. The van der Waals surface area contributed by atoms with E-state index in [1.807, 2.05) is 25.1 Å². The fourth-order valence-corrected chi connectivity index (χ4v) is 3.44. The van der Waals surface area contributed by atoms with Crippen molar-refractivity contribution in [3.05, 3.63) is 59.0 Å². The molecule has 0 radical (unpaired) electrons. The van der Waals surface area contributed by atoms with Crippen molar-refractivity contribution in [2.45, 2.75) is 19.4 Å². The van der Waals surface area contributed by atoms with E-state index in [0.717, 1.165) is 5.56 Å². The molecule has 1 aliphatic heterocycles. The Labute approximate surface area is 164 Å². The van der Waals surface area contributed by atoms with Gasteiger partial charge in [0.25, 0.3) is 5.91 Å². The van der Waals surface area contributed by atoms with Crippen LogP contribution in [0.3, 0.4) is 0 Å². The molecular formula is C19H17N3O5S. The number of carbonyl (C=O) groups excluding carboxylic acids is 2. The quantitative estimate of drug-likeness (QED) is 0.660. The number of aromatic nitrogens is 1. The van der Waals surface area contributed by atoms with Gasteiger partial charge in [0, 0.05) is 5.38 Å². The van der Waals surface area contributed by atoms with Gasteiger partial charge in [-0.3, -0.25) is 14.9 Å². The van der Waals surface area contributed by atoms with E-state index >= 15 is 0 Å². The lowest BCUT2D eigenvalue weighted by Gasteiger charge is -2.14. The number of nitrogens with one attached hydrogen (secondary N) is 2. The molecule has 4 rings (SSSR count). The maximum Gasteiger partial charge on any atom is 0.293 e. The highest BCUT2D eigenvalue weighted by molar-refractivity contribution is 7.14. The molecule has 3 heterocycles. The Morgan fingerprint density at radius 3 is 2.93 bits per heavy atom. The molecule has 28 heavy (non-hydrogen) atoms. The van der Waals surface area contributed by atoms with Crippen LogP contribution in [-0.2, 0) is 11.2 Å². The van der Waals surface area contributed by atoms with Crippen LogP contribution in [0.2, 0.25) is 0 Å². The Hall–Kier alpha value is -3.33. The molecule has 1 aliphatic rings. The zero-order chi connectivity index (χ0) is 19.5.